The van der Waals surface area contributed by atoms with E-state index in [4.69, 9.17) is 4.74 Å². The van der Waals surface area contributed by atoms with Crippen LogP contribution in [0.25, 0.3) is 0 Å². The highest BCUT2D eigenvalue weighted by molar-refractivity contribution is 6.05. The summed E-state index contributed by atoms with van der Waals surface area (Å²) in [6, 6.07) is 12.0. The minimum atomic E-state index is -0.0705. The quantitative estimate of drug-likeness (QED) is 0.591. The molecule has 1 N–H and O–H groups in total. The number of carbonyl (C=O) groups excluding carboxylic acids is 1. The molecule has 1 amide bonds. The zero-order chi connectivity index (χ0) is 20.9. The lowest BCUT2D eigenvalue weighted by atomic mass is 9.95. The van der Waals surface area contributed by atoms with Gasteiger partial charge in [-0.05, 0) is 51.0 Å². The number of hydrogen-bond donors (Lipinski definition) is 1. The first-order chi connectivity index (χ1) is 14.6. The Kier molecular flexibility index (Phi) is 6.21. The average molecular weight is 407 g/mol. The summed E-state index contributed by atoms with van der Waals surface area (Å²) < 4.78 is 10.0. The Labute approximate surface area is 177 Å². The molecule has 0 saturated heterocycles. The summed E-state index contributed by atoms with van der Waals surface area (Å²) in [6.07, 6.45) is 9.94. The van der Waals surface area contributed by atoms with Crippen molar-refractivity contribution in [2.24, 2.45) is 0 Å². The van der Waals surface area contributed by atoms with Crippen LogP contribution in [0.3, 0.4) is 0 Å². The van der Waals surface area contributed by atoms with E-state index in [1.54, 1.807) is 6.20 Å². The smallest absolute Gasteiger partial charge is 0.257 e. The fraction of sp³-hybridized carbons (Fsp3) is 0.417. The van der Waals surface area contributed by atoms with Crippen LogP contribution in [-0.2, 0) is 6.54 Å². The van der Waals surface area contributed by atoms with Crippen molar-refractivity contribution in [3.63, 3.8) is 0 Å². The lowest BCUT2D eigenvalue weighted by molar-refractivity contribution is 0.102. The predicted octanol–water partition coefficient (Wildman–Crippen LogP) is 5.14. The molecule has 2 heterocycles. The fourth-order valence-corrected chi connectivity index (χ4v) is 4.46. The van der Waals surface area contributed by atoms with Gasteiger partial charge in [-0.1, -0.05) is 25.3 Å². The lowest BCUT2D eigenvalue weighted by Crippen LogP contribution is -2.17. The van der Waals surface area contributed by atoms with Crippen molar-refractivity contribution in [3.05, 3.63) is 65.7 Å². The Morgan fingerprint density at radius 3 is 2.77 bits per heavy atom. The Balaban J connectivity index is 1.41. The van der Waals surface area contributed by atoms with Crippen molar-refractivity contribution in [3.8, 4) is 5.75 Å². The number of aryl methyl sites for hydroxylation is 1. The molecule has 0 atom stereocenters. The third-order valence-corrected chi connectivity index (χ3v) is 5.91. The van der Waals surface area contributed by atoms with Crippen molar-refractivity contribution in [1.82, 2.24) is 14.3 Å². The molecule has 2 aromatic heterocycles. The molecular formula is C24H30N4O2. The van der Waals surface area contributed by atoms with Crippen molar-refractivity contribution >= 4 is 11.6 Å². The maximum atomic E-state index is 13.0. The number of aromatic nitrogens is 3. The Morgan fingerprint density at radius 1 is 1.17 bits per heavy atom. The van der Waals surface area contributed by atoms with Gasteiger partial charge in [0.05, 0.1) is 12.1 Å². The molecule has 0 spiro atoms. The zero-order valence-electron chi connectivity index (χ0n) is 17.8. The van der Waals surface area contributed by atoms with Crippen molar-refractivity contribution in [2.45, 2.75) is 58.5 Å². The number of amides is 1. The van der Waals surface area contributed by atoms with Crippen LogP contribution in [0.1, 0.15) is 59.9 Å². The number of carbonyl (C=O) groups is 1. The van der Waals surface area contributed by atoms with Crippen molar-refractivity contribution in [2.75, 3.05) is 11.9 Å². The van der Waals surface area contributed by atoms with E-state index in [2.05, 4.69) is 28.8 Å². The number of nitrogens with zero attached hydrogens (tertiary/aromatic N) is 3. The van der Waals surface area contributed by atoms with E-state index in [9.17, 15) is 4.79 Å². The summed E-state index contributed by atoms with van der Waals surface area (Å²) >= 11 is 0. The molecule has 4 rings (SSSR count). The highest BCUT2D eigenvalue weighted by atomic mass is 16.5. The van der Waals surface area contributed by atoms with Gasteiger partial charge in [0.1, 0.15) is 12.4 Å². The molecule has 1 fully saturated rings. The van der Waals surface area contributed by atoms with Crippen LogP contribution < -0.4 is 10.1 Å². The lowest BCUT2D eigenvalue weighted by Gasteiger charge is -2.26. The second kappa shape index (κ2) is 9.20. The summed E-state index contributed by atoms with van der Waals surface area (Å²) in [6.45, 7) is 5.36. The van der Waals surface area contributed by atoms with E-state index in [0.29, 0.717) is 19.2 Å². The van der Waals surface area contributed by atoms with E-state index in [0.717, 1.165) is 22.7 Å². The number of benzene rings is 1. The maximum Gasteiger partial charge on any atom is 0.257 e. The topological polar surface area (TPSA) is 61.1 Å². The van der Waals surface area contributed by atoms with Gasteiger partial charge in [0, 0.05) is 41.6 Å². The highest BCUT2D eigenvalue weighted by Crippen LogP contribution is 2.32. The first-order valence-corrected chi connectivity index (χ1v) is 10.8. The third-order valence-electron chi connectivity index (χ3n) is 5.91. The standard InChI is InChI=1S/C24H30N4O2/c1-18-16-23(19(2)28(18)21-9-4-3-5-10-21)24(29)26-20-8-6-11-22(17-20)30-15-14-27-13-7-12-25-27/h6-8,11-13,16-17,21H,3-5,9-10,14-15H2,1-2H3,(H,26,29). The molecule has 0 aliphatic heterocycles. The number of ether oxygens (including phenoxy) is 1. The van der Waals surface area contributed by atoms with Crippen molar-refractivity contribution < 1.29 is 9.53 Å². The summed E-state index contributed by atoms with van der Waals surface area (Å²) in [5, 5.41) is 7.20. The molecule has 0 bridgehead atoms. The average Bonchev–Trinajstić information content (AvgIpc) is 3.36. The number of nitrogens with one attached hydrogen (secondary N) is 1. The molecule has 0 radical (unpaired) electrons. The number of anilines is 1. The van der Waals surface area contributed by atoms with E-state index < -0.39 is 0 Å². The summed E-state index contributed by atoms with van der Waals surface area (Å²) in [4.78, 5) is 13.0. The molecule has 6 heteroatoms. The molecule has 1 saturated carbocycles. The molecule has 3 aromatic rings. The normalized spacial score (nSPS) is 14.6. The first-order valence-electron chi connectivity index (χ1n) is 10.8. The van der Waals surface area contributed by atoms with Gasteiger partial charge in [-0.25, -0.2) is 0 Å². The minimum Gasteiger partial charge on any atom is -0.492 e. The second-order valence-electron chi connectivity index (χ2n) is 8.05. The van der Waals surface area contributed by atoms with Crippen LogP contribution in [0.5, 0.6) is 5.75 Å². The molecule has 6 nitrogen and oxygen atoms in total. The van der Waals surface area contributed by atoms with Crippen LogP contribution in [-0.4, -0.2) is 26.9 Å². The number of rotatable bonds is 7. The number of hydrogen-bond acceptors (Lipinski definition) is 3. The second-order valence-corrected chi connectivity index (χ2v) is 8.05. The molecular weight excluding hydrogens is 376 g/mol. The van der Waals surface area contributed by atoms with Gasteiger partial charge < -0.3 is 14.6 Å². The van der Waals surface area contributed by atoms with Gasteiger partial charge in [0.25, 0.3) is 5.91 Å². The summed E-state index contributed by atoms with van der Waals surface area (Å²) in [7, 11) is 0. The first kappa shape index (κ1) is 20.3. The van der Waals surface area contributed by atoms with E-state index in [1.165, 1.54) is 37.8 Å². The summed E-state index contributed by atoms with van der Waals surface area (Å²) in [5.74, 6) is 0.659. The van der Waals surface area contributed by atoms with Crippen LogP contribution >= 0.6 is 0 Å². The third kappa shape index (κ3) is 4.58. The minimum absolute atomic E-state index is 0.0705. The van der Waals surface area contributed by atoms with E-state index in [-0.39, 0.29) is 5.91 Å². The molecule has 1 aromatic carbocycles. The van der Waals surface area contributed by atoms with Crippen LogP contribution in [0, 0.1) is 13.8 Å². The van der Waals surface area contributed by atoms with Gasteiger partial charge >= 0.3 is 0 Å². The van der Waals surface area contributed by atoms with Crippen LogP contribution in [0.2, 0.25) is 0 Å². The Morgan fingerprint density at radius 2 is 2.00 bits per heavy atom. The molecule has 1 aliphatic rings. The predicted molar refractivity (Wildman–Crippen MR) is 118 cm³/mol. The van der Waals surface area contributed by atoms with Gasteiger partial charge in [0.2, 0.25) is 0 Å². The van der Waals surface area contributed by atoms with Crippen LogP contribution in [0.15, 0.2) is 48.8 Å². The van der Waals surface area contributed by atoms with Crippen molar-refractivity contribution in [1.29, 1.82) is 0 Å². The molecule has 1 aliphatic carbocycles. The van der Waals surface area contributed by atoms with Crippen LogP contribution in [0.4, 0.5) is 5.69 Å². The van der Waals surface area contributed by atoms with Gasteiger partial charge in [-0.2, -0.15) is 5.10 Å². The summed E-state index contributed by atoms with van der Waals surface area (Å²) in [5.41, 5.74) is 3.71. The highest BCUT2D eigenvalue weighted by Gasteiger charge is 2.22. The SMILES string of the molecule is Cc1cc(C(=O)Nc2cccc(OCCn3cccn3)c2)c(C)n1C1CCCCC1. The molecule has 30 heavy (non-hydrogen) atoms. The fourth-order valence-electron chi connectivity index (χ4n) is 4.46. The van der Waals surface area contributed by atoms with E-state index >= 15 is 0 Å². The monoisotopic (exact) mass is 406 g/mol. The Hall–Kier alpha value is -3.02. The van der Waals surface area contributed by atoms with E-state index in [1.807, 2.05) is 47.3 Å². The van der Waals surface area contributed by atoms with Gasteiger partial charge in [-0.3, -0.25) is 9.48 Å². The largest absolute Gasteiger partial charge is 0.492 e. The maximum absolute atomic E-state index is 13.0. The molecule has 0 unspecified atom stereocenters. The van der Waals surface area contributed by atoms with Gasteiger partial charge in [-0.15, -0.1) is 0 Å². The zero-order valence-corrected chi connectivity index (χ0v) is 17.8. The van der Waals surface area contributed by atoms with Gasteiger partial charge in [0.15, 0.2) is 0 Å². The molecule has 158 valence electrons. The Bertz CT molecular complexity index is 985.